The Balaban J connectivity index is 1.71. The van der Waals surface area contributed by atoms with Gasteiger partial charge in [-0.1, -0.05) is 11.8 Å². The molecule has 8 heteroatoms. The third-order valence-corrected chi connectivity index (χ3v) is 5.30. The lowest BCUT2D eigenvalue weighted by molar-refractivity contribution is -0.125. The summed E-state index contributed by atoms with van der Waals surface area (Å²) in [6.45, 7) is 1.40. The van der Waals surface area contributed by atoms with Gasteiger partial charge >= 0.3 is 0 Å². The fraction of sp³-hybridized carbons (Fsp3) is 0.500. The molecule has 2 heterocycles. The number of fused-ring (bicyclic) bond motifs is 1. The fourth-order valence-corrected chi connectivity index (χ4v) is 3.98. The zero-order valence-electron chi connectivity index (χ0n) is 13.3. The number of ether oxygens (including phenoxy) is 1. The number of carbonyl (C=O) groups is 1. The number of thioether (sulfide) groups is 1. The number of alkyl halides is 1. The van der Waals surface area contributed by atoms with Crippen molar-refractivity contribution < 1.29 is 13.9 Å². The molecule has 2 atom stereocenters. The van der Waals surface area contributed by atoms with Crippen LogP contribution in [0.5, 0.6) is 0 Å². The van der Waals surface area contributed by atoms with E-state index in [1.807, 2.05) is 18.2 Å². The van der Waals surface area contributed by atoms with Gasteiger partial charge in [-0.05, 0) is 18.2 Å². The Morgan fingerprint density at radius 1 is 1.58 bits per heavy atom. The van der Waals surface area contributed by atoms with Crippen LogP contribution in [-0.4, -0.2) is 57.0 Å². The molecule has 130 valence electrons. The van der Waals surface area contributed by atoms with Crippen LogP contribution in [0.3, 0.4) is 0 Å². The number of nitrogens with two attached hydrogens (primary N) is 1. The number of morpholine rings is 1. The molecule has 1 saturated heterocycles. The van der Waals surface area contributed by atoms with Crippen molar-refractivity contribution in [1.29, 1.82) is 0 Å². The molecule has 24 heavy (non-hydrogen) atoms. The Morgan fingerprint density at radius 2 is 2.46 bits per heavy atom. The first-order valence-electron chi connectivity index (χ1n) is 7.94. The second kappa shape index (κ2) is 7.96. The van der Waals surface area contributed by atoms with E-state index in [0.29, 0.717) is 19.7 Å². The summed E-state index contributed by atoms with van der Waals surface area (Å²) in [5, 5.41) is 3.48. The van der Waals surface area contributed by atoms with Crippen molar-refractivity contribution in [2.75, 3.05) is 49.7 Å². The number of halogens is 1. The van der Waals surface area contributed by atoms with Crippen molar-refractivity contribution in [3.63, 3.8) is 0 Å². The average Bonchev–Trinajstić information content (AvgIpc) is 3.02. The van der Waals surface area contributed by atoms with Gasteiger partial charge in [0.1, 0.15) is 13.3 Å². The van der Waals surface area contributed by atoms with E-state index >= 15 is 0 Å². The largest absolute Gasteiger partial charge is 0.371 e. The molecular formula is C16H21FN4O2S. The number of anilines is 2. The van der Waals surface area contributed by atoms with Gasteiger partial charge in [0, 0.05) is 41.5 Å². The second-order valence-corrected chi connectivity index (χ2v) is 6.79. The summed E-state index contributed by atoms with van der Waals surface area (Å²) in [5.41, 5.74) is 7.73. The van der Waals surface area contributed by atoms with Crippen molar-refractivity contribution in [3.8, 4) is 0 Å². The first kappa shape index (κ1) is 17.2. The molecule has 0 saturated carbocycles. The van der Waals surface area contributed by atoms with E-state index in [4.69, 9.17) is 10.5 Å². The van der Waals surface area contributed by atoms with Crippen LogP contribution in [0.25, 0.3) is 0 Å². The lowest BCUT2D eigenvalue weighted by Gasteiger charge is -2.27. The van der Waals surface area contributed by atoms with E-state index in [1.54, 1.807) is 22.9 Å². The van der Waals surface area contributed by atoms with Gasteiger partial charge in [0.25, 0.3) is 5.91 Å². The third kappa shape index (κ3) is 3.71. The normalized spacial score (nSPS) is 21.8. The SMILES string of the molecule is NCC(C=NCCF)C1Nc2ccc(N3CCOCC3=O)cc2S1. The molecule has 2 aliphatic rings. The maximum atomic E-state index is 12.2. The summed E-state index contributed by atoms with van der Waals surface area (Å²) in [4.78, 5) is 18.9. The Bertz CT molecular complexity index is 628. The van der Waals surface area contributed by atoms with Crippen LogP contribution < -0.4 is 16.0 Å². The molecule has 1 aromatic rings. The minimum Gasteiger partial charge on any atom is -0.371 e. The van der Waals surface area contributed by atoms with Crippen LogP contribution in [0.4, 0.5) is 15.8 Å². The monoisotopic (exact) mass is 352 g/mol. The number of amides is 1. The summed E-state index contributed by atoms with van der Waals surface area (Å²) < 4.78 is 17.4. The highest BCUT2D eigenvalue weighted by atomic mass is 32.2. The van der Waals surface area contributed by atoms with Gasteiger partial charge in [0.05, 0.1) is 18.5 Å². The maximum Gasteiger partial charge on any atom is 0.253 e. The first-order valence-corrected chi connectivity index (χ1v) is 8.82. The molecular weight excluding hydrogens is 331 g/mol. The van der Waals surface area contributed by atoms with Crippen LogP contribution in [0, 0.1) is 5.92 Å². The zero-order valence-corrected chi connectivity index (χ0v) is 14.1. The molecule has 6 nitrogen and oxygen atoms in total. The van der Waals surface area contributed by atoms with Gasteiger partial charge in [-0.2, -0.15) is 0 Å². The fourth-order valence-electron chi connectivity index (χ4n) is 2.72. The summed E-state index contributed by atoms with van der Waals surface area (Å²) in [6.07, 6.45) is 1.74. The van der Waals surface area contributed by atoms with Gasteiger partial charge in [0.2, 0.25) is 0 Å². The van der Waals surface area contributed by atoms with Crippen LogP contribution >= 0.6 is 11.8 Å². The predicted molar refractivity (Wildman–Crippen MR) is 94.8 cm³/mol. The number of carbonyl (C=O) groups excluding carboxylic acids is 1. The summed E-state index contributed by atoms with van der Waals surface area (Å²) in [7, 11) is 0. The Kier molecular flexibility index (Phi) is 5.70. The van der Waals surface area contributed by atoms with Crippen molar-refractivity contribution >= 4 is 35.3 Å². The predicted octanol–water partition coefficient (Wildman–Crippen LogP) is 1.51. The Hall–Kier alpha value is -1.64. The number of aliphatic imine (C=N–C) groups is 1. The minimum absolute atomic E-state index is 0.0161. The molecule has 0 aliphatic carbocycles. The van der Waals surface area contributed by atoms with Gasteiger partial charge in [-0.15, -0.1) is 0 Å². The minimum atomic E-state index is -0.462. The first-order chi connectivity index (χ1) is 11.7. The number of hydrogen-bond donors (Lipinski definition) is 2. The van der Waals surface area contributed by atoms with Crippen LogP contribution in [0.1, 0.15) is 0 Å². The van der Waals surface area contributed by atoms with Gasteiger partial charge < -0.3 is 20.7 Å². The molecule has 2 aliphatic heterocycles. The van der Waals surface area contributed by atoms with Crippen molar-refractivity contribution in [1.82, 2.24) is 0 Å². The molecule has 1 aromatic carbocycles. The summed E-state index contributed by atoms with van der Waals surface area (Å²) >= 11 is 1.66. The standard InChI is InChI=1S/C16H21FN4O2S/c17-3-4-19-9-11(8-18)16-20-13-2-1-12(7-14(13)24-16)21-5-6-23-10-15(21)22/h1-2,7,9,11,16,20H,3-6,8,10,18H2. The van der Waals surface area contributed by atoms with Crippen LogP contribution in [0.2, 0.25) is 0 Å². The van der Waals surface area contributed by atoms with E-state index in [9.17, 15) is 9.18 Å². The molecule has 3 rings (SSSR count). The maximum absolute atomic E-state index is 12.2. The number of hydrogen-bond acceptors (Lipinski definition) is 6. The number of nitrogens with zero attached hydrogens (tertiary/aromatic N) is 2. The average molecular weight is 352 g/mol. The molecule has 0 aromatic heterocycles. The molecule has 2 unspecified atom stereocenters. The van der Waals surface area contributed by atoms with Crippen molar-refractivity contribution in [2.45, 2.75) is 10.3 Å². The number of nitrogens with one attached hydrogen (secondary N) is 1. The topological polar surface area (TPSA) is 79.9 Å². The quantitative estimate of drug-likeness (QED) is 0.759. The number of benzene rings is 1. The van der Waals surface area contributed by atoms with E-state index in [0.717, 1.165) is 16.3 Å². The van der Waals surface area contributed by atoms with Gasteiger partial charge in [-0.25, -0.2) is 4.39 Å². The van der Waals surface area contributed by atoms with Crippen LogP contribution in [0.15, 0.2) is 28.1 Å². The van der Waals surface area contributed by atoms with Crippen molar-refractivity contribution in [2.24, 2.45) is 16.6 Å². The zero-order chi connectivity index (χ0) is 16.9. The molecule has 0 bridgehead atoms. The van der Waals surface area contributed by atoms with Crippen LogP contribution in [-0.2, 0) is 9.53 Å². The summed E-state index contributed by atoms with van der Waals surface area (Å²) in [6, 6.07) is 5.93. The third-order valence-electron chi connectivity index (χ3n) is 3.99. The Labute approximate surface area is 144 Å². The molecule has 1 amide bonds. The second-order valence-electron chi connectivity index (χ2n) is 5.61. The highest BCUT2D eigenvalue weighted by Gasteiger charge is 2.29. The molecule has 3 N–H and O–H groups in total. The number of rotatable bonds is 6. The lowest BCUT2D eigenvalue weighted by Crippen LogP contribution is -2.41. The van der Waals surface area contributed by atoms with Crippen molar-refractivity contribution in [3.05, 3.63) is 18.2 Å². The van der Waals surface area contributed by atoms with E-state index in [2.05, 4.69) is 10.3 Å². The lowest BCUT2D eigenvalue weighted by atomic mass is 10.1. The van der Waals surface area contributed by atoms with Gasteiger partial charge in [-0.3, -0.25) is 9.79 Å². The van der Waals surface area contributed by atoms with Gasteiger partial charge in [0.15, 0.2) is 0 Å². The smallest absolute Gasteiger partial charge is 0.253 e. The molecule has 1 fully saturated rings. The Morgan fingerprint density at radius 3 is 3.21 bits per heavy atom. The molecule has 0 radical (unpaired) electrons. The molecule has 0 spiro atoms. The van der Waals surface area contributed by atoms with E-state index < -0.39 is 6.67 Å². The highest BCUT2D eigenvalue weighted by Crippen LogP contribution is 2.42. The van der Waals surface area contributed by atoms with E-state index in [-0.39, 0.29) is 30.4 Å². The summed E-state index contributed by atoms with van der Waals surface area (Å²) in [5.74, 6) is -0.00526. The highest BCUT2D eigenvalue weighted by molar-refractivity contribution is 8.00. The van der Waals surface area contributed by atoms with E-state index in [1.165, 1.54) is 0 Å².